The second-order valence-electron chi connectivity index (χ2n) is 7.42. The van der Waals surface area contributed by atoms with Gasteiger partial charge in [0.15, 0.2) is 5.16 Å². The van der Waals surface area contributed by atoms with Crippen LogP contribution in [0.25, 0.3) is 10.9 Å². The molecule has 2 aromatic heterocycles. The molecule has 0 atom stereocenters. The van der Waals surface area contributed by atoms with Gasteiger partial charge in [0.1, 0.15) is 11.5 Å². The van der Waals surface area contributed by atoms with E-state index in [4.69, 9.17) is 0 Å². The lowest BCUT2D eigenvalue weighted by Gasteiger charge is -2.16. The molecule has 6 nitrogen and oxygen atoms in total. The molecule has 0 radical (unpaired) electrons. The Morgan fingerprint density at radius 1 is 1.25 bits per heavy atom. The zero-order chi connectivity index (χ0) is 19.5. The number of para-hydroxylation sites is 1. The normalized spacial score (nSPS) is 14.8. The molecular weight excluding hydrogens is 370 g/mol. The van der Waals surface area contributed by atoms with Crippen molar-refractivity contribution in [3.05, 3.63) is 41.9 Å². The van der Waals surface area contributed by atoms with E-state index in [-0.39, 0.29) is 5.91 Å². The molecule has 148 valence electrons. The number of hydrogen-bond acceptors (Lipinski definition) is 4. The molecule has 0 saturated heterocycles. The molecule has 1 aliphatic carbocycles. The number of thioether (sulfide) groups is 1. The van der Waals surface area contributed by atoms with Crippen LogP contribution in [-0.2, 0) is 13.5 Å². The highest BCUT2D eigenvalue weighted by Gasteiger charge is 2.23. The quantitative estimate of drug-likeness (QED) is 0.484. The SMILES string of the molecule is CSc1nnc(CCCNC(=O)c2cc3ccccc3n2C)n1C1CCCC1. The van der Waals surface area contributed by atoms with E-state index in [1.54, 1.807) is 11.8 Å². The van der Waals surface area contributed by atoms with Gasteiger partial charge in [-0.15, -0.1) is 10.2 Å². The number of fused-ring (bicyclic) bond motifs is 1. The highest BCUT2D eigenvalue weighted by atomic mass is 32.2. The van der Waals surface area contributed by atoms with Crippen molar-refractivity contribution >= 4 is 28.6 Å². The Balaban J connectivity index is 1.36. The van der Waals surface area contributed by atoms with Crippen molar-refractivity contribution in [2.75, 3.05) is 12.8 Å². The van der Waals surface area contributed by atoms with Crippen molar-refractivity contribution in [3.63, 3.8) is 0 Å². The fourth-order valence-electron chi connectivity index (χ4n) is 4.19. The van der Waals surface area contributed by atoms with Crippen LogP contribution in [0.1, 0.15) is 54.5 Å². The molecule has 1 N–H and O–H groups in total. The van der Waals surface area contributed by atoms with Gasteiger partial charge in [0.2, 0.25) is 0 Å². The van der Waals surface area contributed by atoms with Crippen molar-refractivity contribution in [2.45, 2.75) is 49.7 Å². The molecule has 0 bridgehead atoms. The third-order valence-electron chi connectivity index (χ3n) is 5.65. The summed E-state index contributed by atoms with van der Waals surface area (Å²) in [5.74, 6) is 1.02. The first-order valence-corrected chi connectivity index (χ1v) is 11.2. The van der Waals surface area contributed by atoms with E-state index in [1.165, 1.54) is 25.7 Å². The van der Waals surface area contributed by atoms with Gasteiger partial charge < -0.3 is 14.5 Å². The number of nitrogens with zero attached hydrogens (tertiary/aromatic N) is 4. The number of hydrogen-bond donors (Lipinski definition) is 1. The summed E-state index contributed by atoms with van der Waals surface area (Å²) in [7, 11) is 1.94. The third kappa shape index (κ3) is 3.68. The van der Waals surface area contributed by atoms with Crippen LogP contribution in [0.5, 0.6) is 0 Å². The lowest BCUT2D eigenvalue weighted by atomic mass is 10.2. The minimum atomic E-state index is -0.0271. The van der Waals surface area contributed by atoms with E-state index in [9.17, 15) is 4.79 Å². The first kappa shape index (κ1) is 19.1. The van der Waals surface area contributed by atoms with Crippen molar-refractivity contribution < 1.29 is 4.79 Å². The van der Waals surface area contributed by atoms with Gasteiger partial charge in [-0.05, 0) is 37.7 Å². The third-order valence-corrected chi connectivity index (χ3v) is 6.30. The van der Waals surface area contributed by atoms with Gasteiger partial charge in [0.25, 0.3) is 5.91 Å². The van der Waals surface area contributed by atoms with E-state index in [0.29, 0.717) is 18.3 Å². The molecule has 2 heterocycles. The number of carbonyl (C=O) groups excluding carboxylic acids is 1. The fourth-order valence-corrected chi connectivity index (χ4v) is 4.77. The maximum atomic E-state index is 12.6. The van der Waals surface area contributed by atoms with Crippen LogP contribution in [0, 0.1) is 0 Å². The summed E-state index contributed by atoms with van der Waals surface area (Å²) in [6, 6.07) is 10.5. The molecule has 0 aliphatic heterocycles. The Labute approximate surface area is 169 Å². The van der Waals surface area contributed by atoms with E-state index in [0.717, 1.165) is 34.7 Å². The Hall–Kier alpha value is -2.28. The summed E-state index contributed by atoms with van der Waals surface area (Å²) < 4.78 is 4.29. The van der Waals surface area contributed by atoms with Crippen LogP contribution in [0.15, 0.2) is 35.5 Å². The molecular formula is C21H27N5OS. The molecule has 7 heteroatoms. The summed E-state index contributed by atoms with van der Waals surface area (Å²) in [6.45, 7) is 0.631. The summed E-state index contributed by atoms with van der Waals surface area (Å²) in [5, 5.41) is 13.9. The number of rotatable bonds is 7. The van der Waals surface area contributed by atoms with E-state index >= 15 is 0 Å². The predicted octanol–water partition coefficient (Wildman–Crippen LogP) is 3.97. The molecule has 4 rings (SSSR count). The Morgan fingerprint density at radius 3 is 2.79 bits per heavy atom. The van der Waals surface area contributed by atoms with Crippen LogP contribution in [0.2, 0.25) is 0 Å². The molecule has 1 saturated carbocycles. The zero-order valence-electron chi connectivity index (χ0n) is 16.5. The number of benzene rings is 1. The Kier molecular flexibility index (Phi) is 5.71. The average Bonchev–Trinajstić information content (AvgIpc) is 3.44. The summed E-state index contributed by atoms with van der Waals surface area (Å²) >= 11 is 1.66. The monoisotopic (exact) mass is 397 g/mol. The van der Waals surface area contributed by atoms with E-state index in [2.05, 4.69) is 26.3 Å². The van der Waals surface area contributed by atoms with Crippen molar-refractivity contribution in [2.24, 2.45) is 7.05 Å². The molecule has 3 aromatic rings. The predicted molar refractivity (Wildman–Crippen MR) is 113 cm³/mol. The molecule has 0 spiro atoms. The minimum absolute atomic E-state index is 0.0271. The molecule has 1 fully saturated rings. The molecule has 0 unspecified atom stereocenters. The van der Waals surface area contributed by atoms with Crippen LogP contribution in [0.4, 0.5) is 0 Å². The number of aryl methyl sites for hydroxylation is 2. The maximum Gasteiger partial charge on any atom is 0.267 e. The second-order valence-corrected chi connectivity index (χ2v) is 8.19. The van der Waals surface area contributed by atoms with Gasteiger partial charge in [-0.3, -0.25) is 4.79 Å². The first-order chi connectivity index (χ1) is 13.7. The number of nitrogens with one attached hydrogen (secondary N) is 1. The molecule has 1 amide bonds. The summed E-state index contributed by atoms with van der Waals surface area (Å²) in [6.07, 6.45) is 8.76. The van der Waals surface area contributed by atoms with Gasteiger partial charge in [0, 0.05) is 37.0 Å². The lowest BCUT2D eigenvalue weighted by Crippen LogP contribution is -2.26. The molecule has 1 aromatic carbocycles. The highest BCUT2D eigenvalue weighted by Crippen LogP contribution is 2.33. The average molecular weight is 398 g/mol. The smallest absolute Gasteiger partial charge is 0.267 e. The largest absolute Gasteiger partial charge is 0.351 e. The van der Waals surface area contributed by atoms with Crippen molar-refractivity contribution in [1.82, 2.24) is 24.6 Å². The van der Waals surface area contributed by atoms with Crippen molar-refractivity contribution in [3.8, 4) is 0 Å². The Bertz CT molecular complexity index is 970. The van der Waals surface area contributed by atoms with Gasteiger partial charge in [0.05, 0.1) is 0 Å². The minimum Gasteiger partial charge on any atom is -0.351 e. The maximum absolute atomic E-state index is 12.6. The van der Waals surface area contributed by atoms with Crippen LogP contribution in [0.3, 0.4) is 0 Å². The molecule has 1 aliphatic rings. The second kappa shape index (κ2) is 8.39. The van der Waals surface area contributed by atoms with Crippen LogP contribution < -0.4 is 5.32 Å². The summed E-state index contributed by atoms with van der Waals surface area (Å²) in [5.41, 5.74) is 1.77. The van der Waals surface area contributed by atoms with Gasteiger partial charge in [-0.25, -0.2) is 0 Å². The van der Waals surface area contributed by atoms with Crippen LogP contribution >= 0.6 is 11.8 Å². The van der Waals surface area contributed by atoms with Crippen molar-refractivity contribution in [1.29, 1.82) is 0 Å². The summed E-state index contributed by atoms with van der Waals surface area (Å²) in [4.78, 5) is 12.6. The number of aromatic nitrogens is 4. The van der Waals surface area contributed by atoms with Gasteiger partial charge >= 0.3 is 0 Å². The fraction of sp³-hybridized carbons (Fsp3) is 0.476. The zero-order valence-corrected chi connectivity index (χ0v) is 17.3. The van der Waals surface area contributed by atoms with Crippen LogP contribution in [-0.4, -0.2) is 38.0 Å². The molecule has 28 heavy (non-hydrogen) atoms. The van der Waals surface area contributed by atoms with Gasteiger partial charge in [-0.2, -0.15) is 0 Å². The van der Waals surface area contributed by atoms with E-state index < -0.39 is 0 Å². The standard InChI is InChI=1S/C21H27N5OS/c1-25-17-11-6-3-8-15(17)14-18(25)20(27)22-13-7-12-19-23-24-21(28-2)26(19)16-9-4-5-10-16/h3,6,8,11,14,16H,4-5,7,9-10,12-13H2,1-2H3,(H,22,27). The number of carbonyl (C=O) groups is 1. The van der Waals surface area contributed by atoms with Gasteiger partial charge in [-0.1, -0.05) is 42.8 Å². The topological polar surface area (TPSA) is 64.7 Å². The lowest BCUT2D eigenvalue weighted by molar-refractivity contribution is 0.0945. The highest BCUT2D eigenvalue weighted by molar-refractivity contribution is 7.98. The van der Waals surface area contributed by atoms with E-state index in [1.807, 2.05) is 41.9 Å². The first-order valence-electron chi connectivity index (χ1n) is 9.99. The number of amides is 1. The Morgan fingerprint density at radius 2 is 2.04 bits per heavy atom.